The molecule has 0 aliphatic heterocycles. The summed E-state index contributed by atoms with van der Waals surface area (Å²) in [6, 6.07) is 5.49. The first-order chi connectivity index (χ1) is 17.2. The van der Waals surface area contributed by atoms with Gasteiger partial charge in [-0.25, -0.2) is 4.98 Å². The smallest absolute Gasteiger partial charge is 0.302 e. The van der Waals surface area contributed by atoms with E-state index >= 15 is 0 Å². The lowest BCUT2D eigenvalue weighted by Crippen LogP contribution is -2.36. The number of benzene rings is 1. The van der Waals surface area contributed by atoms with Crippen LogP contribution in [0.25, 0.3) is 21.3 Å². The van der Waals surface area contributed by atoms with Gasteiger partial charge in [0.1, 0.15) is 27.2 Å². The van der Waals surface area contributed by atoms with Gasteiger partial charge in [0.25, 0.3) is 12.1 Å². The number of anilines is 3. The first-order valence-electron chi connectivity index (χ1n) is 10.6. The van der Waals surface area contributed by atoms with E-state index < -0.39 is 5.91 Å². The summed E-state index contributed by atoms with van der Waals surface area (Å²) >= 11 is 1.04. The summed E-state index contributed by atoms with van der Waals surface area (Å²) in [6.07, 6.45) is 1.57. The normalized spacial score (nSPS) is 10.9. The summed E-state index contributed by atoms with van der Waals surface area (Å²) in [7, 11) is 4.45. The van der Waals surface area contributed by atoms with Crippen LogP contribution < -0.4 is 35.7 Å². The number of carbonyl (C=O) groups excluding carboxylic acids is 1. The number of hydrogen-bond donors (Lipinski definition) is 3. The van der Waals surface area contributed by atoms with E-state index in [2.05, 4.69) is 21.6 Å². The van der Waals surface area contributed by atoms with E-state index in [9.17, 15) is 10.1 Å². The number of thiophene rings is 1. The Balaban J connectivity index is 1.91. The largest absolute Gasteiger partial charge is 0.493 e. The monoisotopic (exact) mass is 510 g/mol. The number of hydrogen-bond acceptors (Lipinski definition) is 11. The fourth-order valence-electron chi connectivity index (χ4n) is 3.69. The Morgan fingerprint density at radius 3 is 2.39 bits per heavy atom. The minimum atomic E-state index is -0.518. The van der Waals surface area contributed by atoms with E-state index in [4.69, 9.17) is 30.2 Å². The molecule has 5 N–H and O–H groups in total. The average molecular weight is 511 g/mol. The number of fused-ring (bicyclic) bond motifs is 1. The van der Waals surface area contributed by atoms with Crippen LogP contribution in [0.4, 0.5) is 17.4 Å². The minimum Gasteiger partial charge on any atom is -0.493 e. The van der Waals surface area contributed by atoms with Crippen LogP contribution in [0, 0.1) is 11.3 Å². The molecule has 0 bridgehead atoms. The standard InChI is InChI=1S/C23H23N7O5S/c1-10(2)30-9-15(35-29-30)27-22(31)20-18(25)17-16(12(8-24)21(26)28-23(17)36-20)11-6-13(32-3)19(34-5)14(7-11)33-4/h6-7,9-10H,1-5H3,(H4-,25,26,27,28,29,31)/p+1. The molecule has 4 aromatic rings. The van der Waals surface area contributed by atoms with Gasteiger partial charge in [0.05, 0.1) is 27.0 Å². The Morgan fingerprint density at radius 1 is 1.19 bits per heavy atom. The number of nitrogens with zero attached hydrogens (tertiary/aromatic N) is 4. The van der Waals surface area contributed by atoms with Gasteiger partial charge < -0.3 is 25.7 Å². The Kier molecular flexibility index (Phi) is 6.54. The average Bonchev–Trinajstić information content (AvgIpc) is 3.46. The maximum Gasteiger partial charge on any atom is 0.302 e. The molecule has 1 aromatic carbocycles. The van der Waals surface area contributed by atoms with Crippen molar-refractivity contribution in [3.63, 3.8) is 0 Å². The Labute approximate surface area is 209 Å². The fourth-order valence-corrected chi connectivity index (χ4v) is 4.70. The highest BCUT2D eigenvalue weighted by Gasteiger charge is 2.27. The van der Waals surface area contributed by atoms with Crippen molar-refractivity contribution in [2.75, 3.05) is 38.1 Å². The molecule has 186 valence electrons. The van der Waals surface area contributed by atoms with Crippen LogP contribution in [0.5, 0.6) is 17.2 Å². The highest BCUT2D eigenvalue weighted by molar-refractivity contribution is 7.21. The molecule has 12 nitrogen and oxygen atoms in total. The lowest BCUT2D eigenvalue weighted by molar-refractivity contribution is -0.779. The van der Waals surface area contributed by atoms with E-state index in [0.29, 0.717) is 38.6 Å². The number of nitrogens with two attached hydrogens (primary N) is 2. The minimum absolute atomic E-state index is 0.00447. The van der Waals surface area contributed by atoms with E-state index in [-0.39, 0.29) is 33.9 Å². The van der Waals surface area contributed by atoms with Crippen molar-refractivity contribution in [3.8, 4) is 34.4 Å². The molecular formula is C23H24N7O5S+. The van der Waals surface area contributed by atoms with E-state index in [1.807, 2.05) is 13.8 Å². The molecule has 0 unspecified atom stereocenters. The van der Waals surface area contributed by atoms with E-state index in [0.717, 1.165) is 11.3 Å². The maximum atomic E-state index is 13.1. The lowest BCUT2D eigenvalue weighted by Gasteiger charge is -2.16. The number of aromatic nitrogens is 3. The summed E-state index contributed by atoms with van der Waals surface area (Å²) in [4.78, 5) is 18.0. The van der Waals surface area contributed by atoms with Crippen LogP contribution in [0.2, 0.25) is 0 Å². The quantitative estimate of drug-likeness (QED) is 0.313. The van der Waals surface area contributed by atoms with Crippen molar-refractivity contribution < 1.29 is 28.2 Å². The van der Waals surface area contributed by atoms with Crippen LogP contribution in [0.3, 0.4) is 0 Å². The summed E-state index contributed by atoms with van der Waals surface area (Å²) in [6.45, 7) is 3.84. The van der Waals surface area contributed by atoms with Crippen molar-refractivity contribution in [3.05, 3.63) is 28.8 Å². The first-order valence-corrected chi connectivity index (χ1v) is 11.5. The predicted molar refractivity (Wildman–Crippen MR) is 133 cm³/mol. The van der Waals surface area contributed by atoms with Crippen molar-refractivity contribution in [2.24, 2.45) is 0 Å². The number of rotatable bonds is 7. The van der Waals surface area contributed by atoms with E-state index in [1.54, 1.807) is 23.0 Å². The molecule has 0 saturated heterocycles. The van der Waals surface area contributed by atoms with Crippen molar-refractivity contribution in [2.45, 2.75) is 19.9 Å². The van der Waals surface area contributed by atoms with Crippen molar-refractivity contribution in [1.82, 2.24) is 10.3 Å². The molecule has 4 rings (SSSR count). The summed E-state index contributed by atoms with van der Waals surface area (Å²) in [5.41, 5.74) is 13.8. The van der Waals surface area contributed by atoms with Crippen LogP contribution in [0.15, 0.2) is 22.9 Å². The number of nitrogens with one attached hydrogen (secondary N) is 1. The van der Waals surface area contributed by atoms with Crippen molar-refractivity contribution >= 4 is 44.9 Å². The predicted octanol–water partition coefficient (Wildman–Crippen LogP) is 3.13. The third-order valence-electron chi connectivity index (χ3n) is 5.42. The highest BCUT2D eigenvalue weighted by Crippen LogP contribution is 2.47. The second-order valence-electron chi connectivity index (χ2n) is 7.89. The van der Waals surface area contributed by atoms with Gasteiger partial charge in [-0.1, -0.05) is 0 Å². The number of methoxy groups -OCH3 is 3. The lowest BCUT2D eigenvalue weighted by atomic mass is 9.96. The number of carbonyl (C=O) groups is 1. The molecule has 0 fully saturated rings. The van der Waals surface area contributed by atoms with Crippen LogP contribution in [-0.2, 0) is 0 Å². The van der Waals surface area contributed by atoms with Gasteiger partial charge in [-0.05, 0) is 36.2 Å². The molecule has 3 aromatic heterocycles. The molecule has 0 spiro atoms. The molecule has 36 heavy (non-hydrogen) atoms. The first kappa shape index (κ1) is 24.6. The molecule has 0 atom stereocenters. The second kappa shape index (κ2) is 9.59. The van der Waals surface area contributed by atoms with Crippen LogP contribution >= 0.6 is 11.3 Å². The number of nitrogen functional groups attached to an aromatic ring is 2. The Morgan fingerprint density at radius 2 is 1.86 bits per heavy atom. The topological polar surface area (TPSA) is 175 Å². The summed E-state index contributed by atoms with van der Waals surface area (Å²) < 4.78 is 23.1. The SMILES string of the molecule is COc1cc(-c2c(C#N)c(N)nc3sc(C(=O)Nc4c[n+](C(C)C)no4)c(N)c23)cc(OC)c1OC. The van der Waals surface area contributed by atoms with Crippen molar-refractivity contribution in [1.29, 1.82) is 5.26 Å². The van der Waals surface area contributed by atoms with Gasteiger partial charge in [0.15, 0.2) is 17.5 Å². The third-order valence-corrected chi connectivity index (χ3v) is 6.52. The molecule has 0 aliphatic rings. The second-order valence-corrected chi connectivity index (χ2v) is 8.89. The zero-order valence-corrected chi connectivity index (χ0v) is 21.0. The third kappa shape index (κ3) is 4.07. The molecular weight excluding hydrogens is 486 g/mol. The number of ether oxygens (including phenoxy) is 3. The molecule has 3 heterocycles. The number of pyridine rings is 1. The summed E-state index contributed by atoms with van der Waals surface area (Å²) in [5.74, 6) is 0.750. The molecule has 0 saturated carbocycles. The molecule has 13 heteroatoms. The van der Waals surface area contributed by atoms with Gasteiger partial charge in [-0.15, -0.1) is 11.3 Å². The maximum absolute atomic E-state index is 13.1. The van der Waals surface area contributed by atoms with Crippen LogP contribution in [0.1, 0.15) is 35.1 Å². The van der Waals surface area contributed by atoms with Crippen LogP contribution in [-0.4, -0.2) is 37.5 Å². The van der Waals surface area contributed by atoms with Gasteiger partial charge >= 0.3 is 5.88 Å². The molecule has 0 aliphatic carbocycles. The zero-order valence-electron chi connectivity index (χ0n) is 20.2. The Hall–Kier alpha value is -4.57. The number of nitriles is 1. The zero-order chi connectivity index (χ0) is 26.1. The Bertz CT molecular complexity index is 1490. The summed E-state index contributed by atoms with van der Waals surface area (Å²) in [5, 5.41) is 16.8. The van der Waals surface area contributed by atoms with Gasteiger partial charge in [-0.3, -0.25) is 14.6 Å². The van der Waals surface area contributed by atoms with Gasteiger partial charge in [0, 0.05) is 10.9 Å². The fraction of sp³-hybridized carbons (Fsp3) is 0.261. The van der Waals surface area contributed by atoms with Gasteiger partial charge in [-0.2, -0.15) is 5.26 Å². The highest BCUT2D eigenvalue weighted by atomic mass is 32.1. The molecule has 0 radical (unpaired) electrons. The molecule has 1 amide bonds. The number of amides is 1. The van der Waals surface area contributed by atoms with Gasteiger partial charge in [0.2, 0.25) is 11.0 Å². The van der Waals surface area contributed by atoms with E-state index in [1.165, 1.54) is 21.3 Å².